The Balaban J connectivity index is 1.82. The number of hydrogen-bond acceptors (Lipinski definition) is 4. The molecule has 0 spiro atoms. The maximum Gasteiger partial charge on any atom is 0.137 e. The Bertz CT molecular complexity index is 406. The van der Waals surface area contributed by atoms with Crippen molar-refractivity contribution < 1.29 is 4.74 Å². The van der Waals surface area contributed by atoms with E-state index >= 15 is 0 Å². The van der Waals surface area contributed by atoms with Gasteiger partial charge >= 0.3 is 0 Å². The lowest BCUT2D eigenvalue weighted by molar-refractivity contribution is 0.412. The van der Waals surface area contributed by atoms with Crippen molar-refractivity contribution in [3.63, 3.8) is 0 Å². The number of anilines is 1. The lowest BCUT2D eigenvalue weighted by atomic mass is 9.93. The number of aromatic nitrogens is 1. The standard InChI is InChI=1S/C14H21N3O/c1-3-13-12-8-15-6-10(12)9-17(13)14-5-4-11(18-2)7-16-14/h4-5,7,10,12-13,15H,3,6,8-9H2,1-2H3. The lowest BCUT2D eigenvalue weighted by Crippen LogP contribution is -2.35. The first-order chi connectivity index (χ1) is 8.83. The second-order valence-corrected chi connectivity index (χ2v) is 5.27. The highest BCUT2D eigenvalue weighted by Crippen LogP contribution is 2.36. The molecule has 2 aliphatic rings. The van der Waals surface area contributed by atoms with Gasteiger partial charge in [-0.05, 0) is 30.4 Å². The van der Waals surface area contributed by atoms with E-state index in [0.29, 0.717) is 6.04 Å². The molecule has 2 saturated heterocycles. The summed E-state index contributed by atoms with van der Waals surface area (Å²) in [6, 6.07) is 4.71. The van der Waals surface area contributed by atoms with E-state index in [1.54, 1.807) is 7.11 Å². The Morgan fingerprint density at radius 2 is 2.33 bits per heavy atom. The van der Waals surface area contributed by atoms with Crippen molar-refractivity contribution in [1.29, 1.82) is 0 Å². The molecule has 3 unspecified atom stereocenters. The number of rotatable bonds is 3. The Morgan fingerprint density at radius 1 is 1.44 bits per heavy atom. The van der Waals surface area contributed by atoms with Crippen LogP contribution in [0.15, 0.2) is 18.3 Å². The number of fused-ring (bicyclic) bond motifs is 1. The molecule has 98 valence electrons. The smallest absolute Gasteiger partial charge is 0.137 e. The minimum atomic E-state index is 0.630. The van der Waals surface area contributed by atoms with Gasteiger partial charge in [-0.3, -0.25) is 0 Å². The molecule has 3 rings (SSSR count). The van der Waals surface area contributed by atoms with Gasteiger partial charge in [0, 0.05) is 25.7 Å². The van der Waals surface area contributed by atoms with E-state index in [-0.39, 0.29) is 0 Å². The van der Waals surface area contributed by atoms with Crippen LogP contribution < -0.4 is 15.0 Å². The van der Waals surface area contributed by atoms with Crippen LogP contribution in [0.25, 0.3) is 0 Å². The molecule has 2 fully saturated rings. The first-order valence-corrected chi connectivity index (χ1v) is 6.81. The highest BCUT2D eigenvalue weighted by atomic mass is 16.5. The largest absolute Gasteiger partial charge is 0.495 e. The van der Waals surface area contributed by atoms with Gasteiger partial charge < -0.3 is 15.0 Å². The minimum absolute atomic E-state index is 0.630. The van der Waals surface area contributed by atoms with Crippen LogP contribution in [-0.2, 0) is 0 Å². The van der Waals surface area contributed by atoms with Gasteiger partial charge in [0.1, 0.15) is 11.6 Å². The van der Waals surface area contributed by atoms with Crippen LogP contribution in [0.1, 0.15) is 13.3 Å². The Morgan fingerprint density at radius 3 is 3.00 bits per heavy atom. The van der Waals surface area contributed by atoms with Gasteiger partial charge in [-0.2, -0.15) is 0 Å². The maximum atomic E-state index is 5.17. The van der Waals surface area contributed by atoms with Gasteiger partial charge in [0.05, 0.1) is 13.3 Å². The molecular formula is C14H21N3O. The summed E-state index contributed by atoms with van der Waals surface area (Å²) in [5.74, 6) is 3.50. The zero-order valence-electron chi connectivity index (χ0n) is 11.1. The molecule has 18 heavy (non-hydrogen) atoms. The van der Waals surface area contributed by atoms with E-state index in [9.17, 15) is 0 Å². The molecule has 0 amide bonds. The van der Waals surface area contributed by atoms with Crippen LogP contribution in [0.2, 0.25) is 0 Å². The van der Waals surface area contributed by atoms with Gasteiger partial charge in [-0.15, -0.1) is 0 Å². The summed E-state index contributed by atoms with van der Waals surface area (Å²) in [5, 5.41) is 3.51. The number of nitrogens with zero attached hydrogens (tertiary/aromatic N) is 2. The fourth-order valence-electron chi connectivity index (χ4n) is 3.47. The molecule has 0 saturated carbocycles. The molecule has 1 N–H and O–H groups in total. The number of nitrogens with one attached hydrogen (secondary N) is 1. The molecule has 4 nitrogen and oxygen atoms in total. The SMILES string of the molecule is CCC1C2CNCC2CN1c1ccc(OC)cn1. The number of hydrogen-bond donors (Lipinski definition) is 1. The summed E-state index contributed by atoms with van der Waals surface area (Å²) >= 11 is 0. The average molecular weight is 247 g/mol. The van der Waals surface area contributed by atoms with Crippen molar-refractivity contribution in [3.05, 3.63) is 18.3 Å². The van der Waals surface area contributed by atoms with Gasteiger partial charge in [-0.25, -0.2) is 4.98 Å². The van der Waals surface area contributed by atoms with E-state index in [1.807, 2.05) is 12.3 Å². The third-order valence-corrected chi connectivity index (χ3v) is 4.39. The summed E-state index contributed by atoms with van der Waals surface area (Å²) in [6.45, 7) is 5.74. The number of methoxy groups -OCH3 is 1. The van der Waals surface area contributed by atoms with Crippen molar-refractivity contribution in [2.45, 2.75) is 19.4 Å². The summed E-state index contributed by atoms with van der Waals surface area (Å²) in [7, 11) is 1.68. The summed E-state index contributed by atoms with van der Waals surface area (Å²) in [4.78, 5) is 7.02. The van der Waals surface area contributed by atoms with Crippen molar-refractivity contribution in [3.8, 4) is 5.75 Å². The number of pyridine rings is 1. The highest BCUT2D eigenvalue weighted by Gasteiger charge is 2.43. The monoisotopic (exact) mass is 247 g/mol. The van der Waals surface area contributed by atoms with Gasteiger partial charge in [0.2, 0.25) is 0 Å². The van der Waals surface area contributed by atoms with Crippen LogP contribution in [0.4, 0.5) is 5.82 Å². The van der Waals surface area contributed by atoms with Crippen molar-refractivity contribution in [2.24, 2.45) is 11.8 Å². The van der Waals surface area contributed by atoms with Crippen LogP contribution >= 0.6 is 0 Å². The molecule has 0 bridgehead atoms. The maximum absolute atomic E-state index is 5.17. The van der Waals surface area contributed by atoms with Crippen molar-refractivity contribution in [1.82, 2.24) is 10.3 Å². The van der Waals surface area contributed by atoms with Gasteiger partial charge in [-0.1, -0.05) is 6.92 Å². The first-order valence-electron chi connectivity index (χ1n) is 6.81. The van der Waals surface area contributed by atoms with E-state index in [1.165, 1.54) is 6.42 Å². The summed E-state index contributed by atoms with van der Waals surface area (Å²) in [6.07, 6.45) is 3.00. The van der Waals surface area contributed by atoms with Crippen LogP contribution in [0.3, 0.4) is 0 Å². The van der Waals surface area contributed by atoms with Crippen molar-refractivity contribution in [2.75, 3.05) is 31.6 Å². The van der Waals surface area contributed by atoms with E-state index in [0.717, 1.165) is 43.0 Å². The fraction of sp³-hybridized carbons (Fsp3) is 0.643. The Kier molecular flexibility index (Phi) is 3.12. The molecule has 2 aliphatic heterocycles. The third kappa shape index (κ3) is 1.85. The lowest BCUT2D eigenvalue weighted by Gasteiger charge is -2.27. The molecule has 0 radical (unpaired) electrons. The Labute approximate surface area is 108 Å². The second-order valence-electron chi connectivity index (χ2n) is 5.27. The second kappa shape index (κ2) is 4.76. The zero-order valence-corrected chi connectivity index (χ0v) is 11.1. The predicted octanol–water partition coefficient (Wildman–Crippen LogP) is 1.52. The van der Waals surface area contributed by atoms with E-state index in [4.69, 9.17) is 4.74 Å². The quantitative estimate of drug-likeness (QED) is 0.879. The zero-order chi connectivity index (χ0) is 12.5. The van der Waals surface area contributed by atoms with Crippen LogP contribution in [0, 0.1) is 11.8 Å². The molecule has 0 aromatic carbocycles. The molecule has 0 aliphatic carbocycles. The topological polar surface area (TPSA) is 37.4 Å². The summed E-state index contributed by atoms with van der Waals surface area (Å²) < 4.78 is 5.17. The first kappa shape index (κ1) is 11.8. The van der Waals surface area contributed by atoms with Gasteiger partial charge in [0.25, 0.3) is 0 Å². The fourth-order valence-corrected chi connectivity index (χ4v) is 3.47. The van der Waals surface area contributed by atoms with Crippen LogP contribution in [0.5, 0.6) is 5.75 Å². The third-order valence-electron chi connectivity index (χ3n) is 4.39. The molecule has 1 aromatic heterocycles. The van der Waals surface area contributed by atoms with Crippen molar-refractivity contribution >= 4 is 5.82 Å². The van der Waals surface area contributed by atoms with Crippen LogP contribution in [-0.4, -0.2) is 37.8 Å². The molecule has 1 aromatic rings. The van der Waals surface area contributed by atoms with E-state index < -0.39 is 0 Å². The molecule has 3 atom stereocenters. The normalized spacial score (nSPS) is 30.6. The Hall–Kier alpha value is -1.29. The minimum Gasteiger partial charge on any atom is -0.495 e. The average Bonchev–Trinajstić information content (AvgIpc) is 2.98. The van der Waals surface area contributed by atoms with Gasteiger partial charge in [0.15, 0.2) is 0 Å². The predicted molar refractivity (Wildman–Crippen MR) is 72.1 cm³/mol. The number of ether oxygens (including phenoxy) is 1. The van der Waals surface area contributed by atoms with E-state index in [2.05, 4.69) is 28.2 Å². The molecular weight excluding hydrogens is 226 g/mol. The molecule has 4 heteroatoms. The highest BCUT2D eigenvalue weighted by molar-refractivity contribution is 5.44. The molecule has 3 heterocycles. The summed E-state index contributed by atoms with van der Waals surface area (Å²) in [5.41, 5.74) is 0.